The number of ether oxygens (including phenoxy) is 2. The number of imidazole rings is 1. The van der Waals surface area contributed by atoms with Gasteiger partial charge in [0.05, 0.1) is 6.33 Å². The van der Waals surface area contributed by atoms with Crippen molar-refractivity contribution in [3.63, 3.8) is 0 Å². The van der Waals surface area contributed by atoms with Crippen LogP contribution in [0.4, 0.5) is 0 Å². The van der Waals surface area contributed by atoms with E-state index in [1.54, 1.807) is 10.9 Å². The topological polar surface area (TPSA) is 96.2 Å². The predicted octanol–water partition coefficient (Wildman–Crippen LogP) is 2.52. The Labute approximate surface area is 144 Å². The van der Waals surface area contributed by atoms with Crippen LogP contribution in [0, 0.1) is 0 Å². The van der Waals surface area contributed by atoms with E-state index < -0.39 is 0 Å². The second-order valence-corrected chi connectivity index (χ2v) is 5.90. The lowest BCUT2D eigenvalue weighted by Gasteiger charge is -2.06. The monoisotopic (exact) mass is 352 g/mol. The molecule has 0 atom stereocenters. The Kier molecular flexibility index (Phi) is 6.98. The zero-order valence-corrected chi connectivity index (χ0v) is 14.5. The number of hydrogen-bond donors (Lipinski definition) is 0. The molecular weight excluding hydrogens is 332 g/mol. The van der Waals surface area contributed by atoms with Crippen molar-refractivity contribution in [3.8, 4) is 0 Å². The third-order valence-corrected chi connectivity index (χ3v) is 3.86. The Bertz CT molecular complexity index is 704. The second kappa shape index (κ2) is 9.21. The highest BCUT2D eigenvalue weighted by atomic mass is 32.2. The molecule has 0 unspecified atom stereocenters. The fourth-order valence-corrected chi connectivity index (χ4v) is 2.61. The van der Waals surface area contributed by atoms with E-state index in [9.17, 15) is 9.59 Å². The first kappa shape index (κ1) is 18.2. The van der Waals surface area contributed by atoms with Gasteiger partial charge in [-0.2, -0.15) is 0 Å². The summed E-state index contributed by atoms with van der Waals surface area (Å²) in [4.78, 5) is 35.4. The van der Waals surface area contributed by atoms with Gasteiger partial charge >= 0.3 is 11.9 Å². The Morgan fingerprint density at radius 1 is 1.08 bits per heavy atom. The molecule has 0 aliphatic heterocycles. The molecule has 2 aromatic heterocycles. The highest BCUT2D eigenvalue weighted by Crippen LogP contribution is 2.23. The van der Waals surface area contributed by atoms with Gasteiger partial charge in [0.2, 0.25) is 0 Å². The molecule has 0 fully saturated rings. The number of rotatable bonds is 9. The summed E-state index contributed by atoms with van der Waals surface area (Å²) in [6.07, 6.45) is 5.23. The maximum absolute atomic E-state index is 11.5. The van der Waals surface area contributed by atoms with E-state index in [2.05, 4.69) is 15.0 Å². The second-order valence-electron chi connectivity index (χ2n) is 4.99. The zero-order valence-electron chi connectivity index (χ0n) is 13.7. The lowest BCUT2D eigenvalue weighted by molar-refractivity contribution is -0.147. The third kappa shape index (κ3) is 4.92. The molecule has 2 heterocycles. The molecule has 9 heteroatoms. The Morgan fingerprint density at radius 3 is 2.50 bits per heavy atom. The van der Waals surface area contributed by atoms with Crippen molar-refractivity contribution in [2.45, 2.75) is 51.3 Å². The number of hydrogen-bond acceptors (Lipinski definition) is 8. The minimum atomic E-state index is -0.258. The van der Waals surface area contributed by atoms with Crippen molar-refractivity contribution < 1.29 is 19.1 Å². The van der Waals surface area contributed by atoms with Gasteiger partial charge in [0, 0.05) is 12.8 Å². The normalized spacial score (nSPS) is 10.8. The molecule has 0 N–H and O–H groups in total. The first-order valence-corrected chi connectivity index (χ1v) is 8.74. The molecule has 0 radical (unpaired) electrons. The quantitative estimate of drug-likeness (QED) is 0.294. The molecule has 0 spiro atoms. The van der Waals surface area contributed by atoms with Crippen LogP contribution in [-0.2, 0) is 25.8 Å². The van der Waals surface area contributed by atoms with Crippen molar-refractivity contribution in [3.05, 3.63) is 12.7 Å². The SMILES string of the molecule is CCCC(=O)OCSc1ncnc2c1ncn2COC(=O)CCC. The highest BCUT2D eigenvalue weighted by Gasteiger charge is 2.12. The van der Waals surface area contributed by atoms with Crippen LogP contribution in [-0.4, -0.2) is 37.4 Å². The Hall–Kier alpha value is -2.16. The number of fused-ring (bicyclic) bond motifs is 1. The van der Waals surface area contributed by atoms with Crippen LogP contribution in [0.15, 0.2) is 17.7 Å². The van der Waals surface area contributed by atoms with E-state index in [0.29, 0.717) is 29.0 Å². The van der Waals surface area contributed by atoms with Crippen LogP contribution in [0.5, 0.6) is 0 Å². The van der Waals surface area contributed by atoms with Crippen LogP contribution in [0.3, 0.4) is 0 Å². The fraction of sp³-hybridized carbons (Fsp3) is 0.533. The van der Waals surface area contributed by atoms with E-state index in [4.69, 9.17) is 9.47 Å². The summed E-state index contributed by atoms with van der Waals surface area (Å²) in [5, 5.41) is 0.614. The summed E-state index contributed by atoms with van der Waals surface area (Å²) in [7, 11) is 0. The van der Waals surface area contributed by atoms with Gasteiger partial charge in [0.25, 0.3) is 0 Å². The van der Waals surface area contributed by atoms with Crippen LogP contribution in [0.1, 0.15) is 39.5 Å². The Balaban J connectivity index is 2.00. The molecule has 0 aromatic carbocycles. The maximum Gasteiger partial charge on any atom is 0.307 e. The molecule has 0 amide bonds. The summed E-state index contributed by atoms with van der Waals surface area (Å²) in [5.74, 6) is -0.321. The standard InChI is InChI=1S/C15H20N4O4S/c1-3-5-11(20)22-9-19-8-18-13-14(19)16-7-17-15(13)24-10-23-12(21)6-4-2/h7-8H,3-6,9-10H2,1-2H3. The average molecular weight is 352 g/mol. The van der Waals surface area contributed by atoms with E-state index in [-0.39, 0.29) is 24.6 Å². The largest absolute Gasteiger partial charge is 0.454 e. The van der Waals surface area contributed by atoms with Crippen molar-refractivity contribution >= 4 is 34.9 Å². The van der Waals surface area contributed by atoms with Crippen LogP contribution < -0.4 is 0 Å². The summed E-state index contributed by atoms with van der Waals surface area (Å²) >= 11 is 1.27. The van der Waals surface area contributed by atoms with Gasteiger partial charge in [-0.25, -0.2) is 15.0 Å². The third-order valence-electron chi connectivity index (χ3n) is 3.06. The molecule has 0 saturated heterocycles. The highest BCUT2D eigenvalue weighted by molar-refractivity contribution is 7.99. The van der Waals surface area contributed by atoms with Crippen molar-refractivity contribution in [2.24, 2.45) is 0 Å². The number of esters is 2. The van der Waals surface area contributed by atoms with E-state index >= 15 is 0 Å². The van der Waals surface area contributed by atoms with Crippen LogP contribution in [0.25, 0.3) is 11.2 Å². The van der Waals surface area contributed by atoms with Gasteiger partial charge in [0.1, 0.15) is 22.8 Å². The molecular formula is C15H20N4O4S. The number of aromatic nitrogens is 4. The predicted molar refractivity (Wildman–Crippen MR) is 88.0 cm³/mol. The molecule has 0 bridgehead atoms. The molecule has 0 aliphatic rings. The van der Waals surface area contributed by atoms with E-state index in [0.717, 1.165) is 12.8 Å². The number of nitrogens with zero attached hydrogens (tertiary/aromatic N) is 4. The Morgan fingerprint density at radius 2 is 1.79 bits per heavy atom. The van der Waals surface area contributed by atoms with Gasteiger partial charge in [-0.15, -0.1) is 0 Å². The smallest absolute Gasteiger partial charge is 0.307 e. The summed E-state index contributed by atoms with van der Waals surface area (Å²) in [6, 6.07) is 0. The van der Waals surface area contributed by atoms with Gasteiger partial charge in [-0.05, 0) is 12.8 Å². The van der Waals surface area contributed by atoms with E-state index in [1.165, 1.54) is 18.1 Å². The van der Waals surface area contributed by atoms with Crippen LogP contribution >= 0.6 is 11.8 Å². The summed E-state index contributed by atoms with van der Waals surface area (Å²) in [5.41, 5.74) is 1.15. The molecule has 130 valence electrons. The minimum Gasteiger partial charge on any atom is -0.454 e. The van der Waals surface area contributed by atoms with Crippen molar-refractivity contribution in [1.82, 2.24) is 19.5 Å². The number of carbonyl (C=O) groups is 2. The van der Waals surface area contributed by atoms with Crippen molar-refractivity contribution in [2.75, 3.05) is 5.94 Å². The molecule has 0 saturated carbocycles. The molecule has 2 rings (SSSR count). The van der Waals surface area contributed by atoms with Gasteiger partial charge in [-0.1, -0.05) is 25.6 Å². The lowest BCUT2D eigenvalue weighted by Crippen LogP contribution is -2.08. The first-order chi connectivity index (χ1) is 11.7. The molecule has 8 nitrogen and oxygen atoms in total. The zero-order chi connectivity index (χ0) is 17.4. The summed E-state index contributed by atoms with van der Waals surface area (Å²) in [6.45, 7) is 3.89. The minimum absolute atomic E-state index is 0.0575. The average Bonchev–Trinajstić information content (AvgIpc) is 2.97. The number of carbonyl (C=O) groups excluding carboxylic acids is 2. The maximum atomic E-state index is 11.5. The van der Waals surface area contributed by atoms with Gasteiger partial charge in [0.15, 0.2) is 12.4 Å². The van der Waals surface area contributed by atoms with Gasteiger partial charge in [-0.3, -0.25) is 14.2 Å². The fourth-order valence-electron chi connectivity index (χ4n) is 1.90. The van der Waals surface area contributed by atoms with Gasteiger partial charge < -0.3 is 9.47 Å². The van der Waals surface area contributed by atoms with Crippen LogP contribution in [0.2, 0.25) is 0 Å². The first-order valence-electron chi connectivity index (χ1n) is 7.75. The van der Waals surface area contributed by atoms with Crippen molar-refractivity contribution in [1.29, 1.82) is 0 Å². The molecule has 2 aromatic rings. The van der Waals surface area contributed by atoms with E-state index in [1.807, 2.05) is 13.8 Å². The molecule has 24 heavy (non-hydrogen) atoms. The summed E-state index contributed by atoms with van der Waals surface area (Å²) < 4.78 is 11.9. The molecule has 0 aliphatic carbocycles. The number of thioether (sulfide) groups is 1. The lowest BCUT2D eigenvalue weighted by atomic mass is 10.3.